The second kappa shape index (κ2) is 9.17. The van der Waals surface area contributed by atoms with E-state index in [-0.39, 0.29) is 19.5 Å². The highest BCUT2D eigenvalue weighted by molar-refractivity contribution is 6.19. The number of benzene rings is 1. The van der Waals surface area contributed by atoms with E-state index in [4.69, 9.17) is 9.84 Å². The quantitative estimate of drug-likeness (QED) is 0.658. The van der Waals surface area contributed by atoms with E-state index in [1.165, 1.54) is 4.90 Å². The lowest BCUT2D eigenvalue weighted by Gasteiger charge is -2.30. The Balaban J connectivity index is 1.64. The molecule has 1 saturated heterocycles. The zero-order valence-electron chi connectivity index (χ0n) is 16.3. The molecule has 1 unspecified atom stereocenters. The van der Waals surface area contributed by atoms with Crippen molar-refractivity contribution >= 4 is 23.6 Å². The normalized spacial score (nSPS) is 16.3. The summed E-state index contributed by atoms with van der Waals surface area (Å²) in [6.45, 7) is 1.63. The SMILES string of the molecule is Cc1ccccc1Oc1ccc(CN2CCC(=O)C(C(=O)NCC(=O)O)C2=O)cn1. The lowest BCUT2D eigenvalue weighted by Crippen LogP contribution is -2.52. The number of para-hydroxylation sites is 1. The maximum absolute atomic E-state index is 12.6. The summed E-state index contributed by atoms with van der Waals surface area (Å²) in [5, 5.41) is 10.8. The molecule has 1 aliphatic rings. The number of piperidine rings is 1. The maximum Gasteiger partial charge on any atom is 0.322 e. The van der Waals surface area contributed by atoms with Crippen molar-refractivity contribution in [2.75, 3.05) is 13.1 Å². The Hall–Kier alpha value is -3.75. The van der Waals surface area contributed by atoms with Gasteiger partial charge in [-0.05, 0) is 24.1 Å². The number of carboxylic acid groups (broad SMARTS) is 1. The maximum atomic E-state index is 12.6. The van der Waals surface area contributed by atoms with Crippen molar-refractivity contribution in [1.82, 2.24) is 15.2 Å². The number of aromatic nitrogens is 1. The van der Waals surface area contributed by atoms with Crippen molar-refractivity contribution in [3.8, 4) is 11.6 Å². The van der Waals surface area contributed by atoms with E-state index in [9.17, 15) is 19.2 Å². The summed E-state index contributed by atoms with van der Waals surface area (Å²) in [5.74, 6) is -3.73. The number of nitrogens with zero attached hydrogens (tertiary/aromatic N) is 2. The summed E-state index contributed by atoms with van der Waals surface area (Å²) in [4.78, 5) is 53.0. The predicted octanol–water partition coefficient (Wildman–Crippen LogP) is 1.30. The molecule has 2 heterocycles. The molecule has 2 N–H and O–H groups in total. The van der Waals surface area contributed by atoms with E-state index in [0.29, 0.717) is 17.2 Å². The van der Waals surface area contributed by atoms with Crippen LogP contribution in [0, 0.1) is 12.8 Å². The van der Waals surface area contributed by atoms with E-state index in [0.717, 1.165) is 5.56 Å². The van der Waals surface area contributed by atoms with Crippen molar-refractivity contribution in [1.29, 1.82) is 0 Å². The van der Waals surface area contributed by atoms with Crippen LogP contribution in [0.4, 0.5) is 0 Å². The van der Waals surface area contributed by atoms with Crippen molar-refractivity contribution in [3.63, 3.8) is 0 Å². The molecule has 0 radical (unpaired) electrons. The van der Waals surface area contributed by atoms with Gasteiger partial charge in [-0.3, -0.25) is 19.2 Å². The van der Waals surface area contributed by atoms with E-state index in [1.807, 2.05) is 31.2 Å². The number of likely N-dealkylation sites (tertiary alicyclic amines) is 1. The van der Waals surface area contributed by atoms with Gasteiger partial charge in [-0.2, -0.15) is 0 Å². The monoisotopic (exact) mass is 411 g/mol. The third-order valence-electron chi connectivity index (χ3n) is 4.66. The summed E-state index contributed by atoms with van der Waals surface area (Å²) in [5.41, 5.74) is 1.68. The van der Waals surface area contributed by atoms with Crippen molar-refractivity contribution < 1.29 is 29.0 Å². The van der Waals surface area contributed by atoms with Crippen molar-refractivity contribution in [3.05, 3.63) is 53.7 Å². The highest BCUT2D eigenvalue weighted by atomic mass is 16.5. The van der Waals surface area contributed by atoms with E-state index >= 15 is 0 Å². The molecule has 2 aromatic rings. The Morgan fingerprint density at radius 2 is 2.00 bits per heavy atom. The molecule has 1 aromatic heterocycles. The molecule has 1 atom stereocenters. The van der Waals surface area contributed by atoms with E-state index in [1.54, 1.807) is 18.3 Å². The van der Waals surface area contributed by atoms with Crippen LogP contribution in [0.1, 0.15) is 17.5 Å². The molecule has 2 amide bonds. The van der Waals surface area contributed by atoms with Gasteiger partial charge in [-0.1, -0.05) is 24.3 Å². The van der Waals surface area contributed by atoms with Crippen LogP contribution >= 0.6 is 0 Å². The lowest BCUT2D eigenvalue weighted by atomic mass is 9.94. The van der Waals surface area contributed by atoms with Crippen LogP contribution in [0.15, 0.2) is 42.6 Å². The number of carbonyl (C=O) groups excluding carboxylic acids is 3. The average Bonchev–Trinajstić information content (AvgIpc) is 2.71. The van der Waals surface area contributed by atoms with Crippen LogP contribution in [0.5, 0.6) is 11.6 Å². The summed E-state index contributed by atoms with van der Waals surface area (Å²) in [7, 11) is 0. The lowest BCUT2D eigenvalue weighted by molar-refractivity contribution is -0.152. The molecule has 0 bridgehead atoms. The Morgan fingerprint density at radius 1 is 1.23 bits per heavy atom. The molecule has 0 saturated carbocycles. The molecular formula is C21H21N3O6. The number of amides is 2. The van der Waals surface area contributed by atoms with Crippen LogP contribution in [0.25, 0.3) is 0 Å². The van der Waals surface area contributed by atoms with E-state index in [2.05, 4.69) is 10.3 Å². The number of ketones is 1. The second-order valence-electron chi connectivity index (χ2n) is 6.89. The number of carbonyl (C=O) groups is 4. The fraction of sp³-hybridized carbons (Fsp3) is 0.286. The van der Waals surface area contributed by atoms with Gasteiger partial charge in [0.15, 0.2) is 11.7 Å². The van der Waals surface area contributed by atoms with Gasteiger partial charge in [-0.15, -0.1) is 0 Å². The number of Topliss-reactive ketones (excluding diaryl/α,β-unsaturated/α-hetero) is 1. The number of aryl methyl sites for hydroxylation is 1. The molecule has 1 aromatic carbocycles. The largest absolute Gasteiger partial charge is 0.480 e. The first kappa shape index (κ1) is 21.0. The third-order valence-corrected chi connectivity index (χ3v) is 4.66. The zero-order chi connectivity index (χ0) is 21.7. The molecule has 156 valence electrons. The number of carboxylic acids is 1. The van der Waals surface area contributed by atoms with Gasteiger partial charge in [0.05, 0.1) is 0 Å². The molecule has 3 rings (SSSR count). The van der Waals surface area contributed by atoms with Crippen LogP contribution in [0.2, 0.25) is 0 Å². The van der Waals surface area contributed by atoms with Crippen molar-refractivity contribution in [2.45, 2.75) is 19.9 Å². The minimum absolute atomic E-state index is 0.0266. The minimum atomic E-state index is -1.52. The number of rotatable bonds is 7. The number of hydrogen-bond acceptors (Lipinski definition) is 6. The molecule has 1 aliphatic heterocycles. The Bertz CT molecular complexity index is 973. The fourth-order valence-corrected chi connectivity index (χ4v) is 3.07. The van der Waals surface area contributed by atoms with Gasteiger partial charge in [0, 0.05) is 31.8 Å². The Morgan fingerprint density at radius 3 is 2.67 bits per heavy atom. The fourth-order valence-electron chi connectivity index (χ4n) is 3.07. The number of pyridine rings is 1. The highest BCUT2D eigenvalue weighted by Crippen LogP contribution is 2.24. The molecule has 0 spiro atoms. The van der Waals surface area contributed by atoms with Gasteiger partial charge in [0.25, 0.3) is 0 Å². The third kappa shape index (κ3) is 4.99. The average molecular weight is 411 g/mol. The molecule has 9 heteroatoms. The Kier molecular flexibility index (Phi) is 6.41. The first-order chi connectivity index (χ1) is 14.3. The summed E-state index contributed by atoms with van der Waals surface area (Å²) >= 11 is 0. The molecular weight excluding hydrogens is 390 g/mol. The van der Waals surface area contributed by atoms with E-state index < -0.39 is 36.0 Å². The first-order valence-corrected chi connectivity index (χ1v) is 9.34. The number of ether oxygens (including phenoxy) is 1. The zero-order valence-corrected chi connectivity index (χ0v) is 16.3. The number of nitrogens with one attached hydrogen (secondary N) is 1. The molecule has 30 heavy (non-hydrogen) atoms. The topological polar surface area (TPSA) is 126 Å². The summed E-state index contributed by atoms with van der Waals surface area (Å²) in [6, 6.07) is 11.0. The van der Waals surface area contributed by atoms with Gasteiger partial charge in [-0.25, -0.2) is 4.98 Å². The minimum Gasteiger partial charge on any atom is -0.480 e. The van der Waals surface area contributed by atoms with Crippen LogP contribution in [-0.4, -0.2) is 51.6 Å². The smallest absolute Gasteiger partial charge is 0.322 e. The first-order valence-electron chi connectivity index (χ1n) is 9.34. The van der Waals surface area contributed by atoms with Crippen LogP contribution in [-0.2, 0) is 25.7 Å². The molecule has 1 fully saturated rings. The van der Waals surface area contributed by atoms with Crippen molar-refractivity contribution in [2.24, 2.45) is 5.92 Å². The van der Waals surface area contributed by atoms with Gasteiger partial charge in [0.2, 0.25) is 17.7 Å². The highest BCUT2D eigenvalue weighted by Gasteiger charge is 2.40. The van der Waals surface area contributed by atoms with Crippen LogP contribution < -0.4 is 10.1 Å². The Labute approximate surface area is 172 Å². The van der Waals surface area contributed by atoms with Gasteiger partial charge < -0.3 is 20.1 Å². The standard InChI is InChI=1S/C21H21N3O6/c1-13-4-2-3-5-16(13)30-17-7-6-14(10-22-17)12-24-9-8-15(25)19(21(24)29)20(28)23-11-18(26)27/h2-7,10,19H,8-9,11-12H2,1H3,(H,23,28)(H,26,27). The number of hydrogen-bond donors (Lipinski definition) is 2. The molecule has 0 aliphatic carbocycles. The van der Waals surface area contributed by atoms with Crippen LogP contribution in [0.3, 0.4) is 0 Å². The predicted molar refractivity (Wildman–Crippen MR) is 105 cm³/mol. The summed E-state index contributed by atoms with van der Waals surface area (Å²) in [6.07, 6.45) is 1.59. The summed E-state index contributed by atoms with van der Waals surface area (Å²) < 4.78 is 5.75. The van der Waals surface area contributed by atoms with Gasteiger partial charge in [0.1, 0.15) is 12.3 Å². The number of aliphatic carboxylic acids is 1. The second-order valence-corrected chi connectivity index (χ2v) is 6.89. The van der Waals surface area contributed by atoms with Gasteiger partial charge >= 0.3 is 5.97 Å². The molecule has 9 nitrogen and oxygen atoms in total.